The summed E-state index contributed by atoms with van der Waals surface area (Å²) in [4.78, 5) is 12.9. The molecule has 0 aromatic heterocycles. The minimum absolute atomic E-state index is 0.0443. The Morgan fingerprint density at radius 2 is 1.66 bits per heavy atom. The van der Waals surface area contributed by atoms with Crippen molar-refractivity contribution in [2.45, 2.75) is 11.8 Å². The predicted octanol–water partition coefficient (Wildman–Crippen LogP) is 3.37. The number of sulfonamides is 1. The number of hydrogen-bond donors (Lipinski definition) is 1. The van der Waals surface area contributed by atoms with Crippen molar-refractivity contribution in [3.8, 4) is 17.2 Å². The second-order valence-electron chi connectivity index (χ2n) is 7.40. The standard InChI is InChI=1S/C25H27N3O6S/c1-18-10-13-23(33-3)22(14-18)28(35(30,31)21-8-6-5-7-9-21)17-25(29)27-26-16-19-11-12-20(32-2)15-24(19)34-4/h5-16H,17H2,1-4H3,(H,27,29)/b26-16-. The maximum atomic E-state index is 13.5. The zero-order valence-electron chi connectivity index (χ0n) is 19.9. The van der Waals surface area contributed by atoms with Gasteiger partial charge in [0.05, 0.1) is 38.1 Å². The number of anilines is 1. The van der Waals surface area contributed by atoms with Crippen LogP contribution in [-0.2, 0) is 14.8 Å². The van der Waals surface area contributed by atoms with Crippen molar-refractivity contribution in [3.63, 3.8) is 0 Å². The Kier molecular flexibility index (Phi) is 8.32. The van der Waals surface area contributed by atoms with E-state index in [0.717, 1.165) is 9.87 Å². The van der Waals surface area contributed by atoms with E-state index in [-0.39, 0.29) is 10.6 Å². The number of amides is 1. The SMILES string of the molecule is COc1ccc(/C=N\NC(=O)CN(c2cc(C)ccc2OC)S(=O)(=O)c2ccccc2)c(OC)c1. The van der Waals surface area contributed by atoms with Crippen LogP contribution in [0.25, 0.3) is 0 Å². The third-order valence-electron chi connectivity index (χ3n) is 5.05. The monoisotopic (exact) mass is 497 g/mol. The molecule has 1 N–H and O–H groups in total. The lowest BCUT2D eigenvalue weighted by Crippen LogP contribution is -2.39. The first-order valence-electron chi connectivity index (χ1n) is 10.6. The number of ether oxygens (including phenoxy) is 3. The Morgan fingerprint density at radius 3 is 2.31 bits per heavy atom. The van der Waals surface area contributed by atoms with Gasteiger partial charge in [0.15, 0.2) is 0 Å². The van der Waals surface area contributed by atoms with Gasteiger partial charge in [0.2, 0.25) is 0 Å². The summed E-state index contributed by atoms with van der Waals surface area (Å²) in [5.74, 6) is 0.781. The van der Waals surface area contributed by atoms with Crippen molar-refractivity contribution in [1.29, 1.82) is 0 Å². The molecule has 35 heavy (non-hydrogen) atoms. The van der Waals surface area contributed by atoms with E-state index in [1.165, 1.54) is 32.6 Å². The zero-order valence-corrected chi connectivity index (χ0v) is 20.7. The van der Waals surface area contributed by atoms with Crippen LogP contribution < -0.4 is 23.9 Å². The fraction of sp³-hybridized carbons (Fsp3) is 0.200. The first kappa shape index (κ1) is 25.6. The maximum absolute atomic E-state index is 13.5. The number of rotatable bonds is 10. The molecule has 0 atom stereocenters. The van der Waals surface area contributed by atoms with Crippen molar-refractivity contribution < 1.29 is 27.4 Å². The first-order valence-corrected chi connectivity index (χ1v) is 12.0. The molecule has 3 aromatic rings. The molecule has 0 aliphatic heterocycles. The van der Waals surface area contributed by atoms with Crippen LogP contribution in [0.2, 0.25) is 0 Å². The fourth-order valence-corrected chi connectivity index (χ4v) is 4.72. The van der Waals surface area contributed by atoms with Gasteiger partial charge in [0.1, 0.15) is 23.8 Å². The maximum Gasteiger partial charge on any atom is 0.264 e. The third kappa shape index (κ3) is 6.10. The number of carbonyl (C=O) groups is 1. The zero-order chi connectivity index (χ0) is 25.4. The summed E-state index contributed by atoms with van der Waals surface area (Å²) < 4.78 is 43.9. The number of benzene rings is 3. The first-order chi connectivity index (χ1) is 16.8. The highest BCUT2D eigenvalue weighted by atomic mass is 32.2. The van der Waals surface area contributed by atoms with Gasteiger partial charge in [-0.3, -0.25) is 9.10 Å². The molecule has 0 radical (unpaired) electrons. The Hall–Kier alpha value is -4.05. The number of nitrogens with zero attached hydrogens (tertiary/aromatic N) is 2. The smallest absolute Gasteiger partial charge is 0.264 e. The Bertz CT molecular complexity index is 1310. The highest BCUT2D eigenvalue weighted by molar-refractivity contribution is 7.92. The fourth-order valence-electron chi connectivity index (χ4n) is 3.28. The summed E-state index contributed by atoms with van der Waals surface area (Å²) >= 11 is 0. The molecule has 0 saturated heterocycles. The molecule has 0 saturated carbocycles. The van der Waals surface area contributed by atoms with E-state index in [4.69, 9.17) is 14.2 Å². The molecule has 0 bridgehead atoms. The van der Waals surface area contributed by atoms with Gasteiger partial charge in [-0.15, -0.1) is 0 Å². The van der Waals surface area contributed by atoms with E-state index in [1.54, 1.807) is 61.7 Å². The number of aryl methyl sites for hydroxylation is 1. The van der Waals surface area contributed by atoms with Crippen LogP contribution in [0.1, 0.15) is 11.1 Å². The summed E-state index contributed by atoms with van der Waals surface area (Å²) in [6, 6.07) is 18.1. The lowest BCUT2D eigenvalue weighted by Gasteiger charge is -2.25. The van der Waals surface area contributed by atoms with Crippen LogP contribution in [0.5, 0.6) is 17.2 Å². The Morgan fingerprint density at radius 1 is 0.943 bits per heavy atom. The minimum Gasteiger partial charge on any atom is -0.497 e. The van der Waals surface area contributed by atoms with E-state index in [1.807, 2.05) is 6.92 Å². The average Bonchev–Trinajstić information content (AvgIpc) is 2.87. The molecule has 3 aromatic carbocycles. The normalized spacial score (nSPS) is 11.2. The molecular formula is C25H27N3O6S. The van der Waals surface area contributed by atoms with E-state index < -0.39 is 22.5 Å². The Labute approximate surface area is 205 Å². The summed E-state index contributed by atoms with van der Waals surface area (Å²) in [6.45, 7) is 1.30. The van der Waals surface area contributed by atoms with Gasteiger partial charge in [0.25, 0.3) is 15.9 Å². The van der Waals surface area contributed by atoms with E-state index in [2.05, 4.69) is 10.5 Å². The van der Waals surface area contributed by atoms with Crippen LogP contribution >= 0.6 is 0 Å². The number of hydrogen-bond acceptors (Lipinski definition) is 7. The molecule has 0 aliphatic carbocycles. The molecule has 0 aliphatic rings. The highest BCUT2D eigenvalue weighted by Crippen LogP contribution is 2.33. The summed E-state index contributed by atoms with van der Waals surface area (Å²) in [5.41, 5.74) is 4.03. The van der Waals surface area contributed by atoms with Gasteiger partial charge in [-0.25, -0.2) is 13.8 Å². The van der Waals surface area contributed by atoms with E-state index >= 15 is 0 Å². The largest absolute Gasteiger partial charge is 0.497 e. The van der Waals surface area contributed by atoms with Gasteiger partial charge >= 0.3 is 0 Å². The third-order valence-corrected chi connectivity index (χ3v) is 6.83. The number of methoxy groups -OCH3 is 3. The van der Waals surface area contributed by atoms with Crippen LogP contribution in [-0.4, -0.2) is 48.4 Å². The quantitative estimate of drug-likeness (QED) is 0.340. The average molecular weight is 498 g/mol. The molecule has 184 valence electrons. The van der Waals surface area contributed by atoms with Crippen LogP contribution in [0.15, 0.2) is 76.7 Å². The van der Waals surface area contributed by atoms with Crippen LogP contribution in [0, 0.1) is 6.92 Å². The molecule has 0 spiro atoms. The van der Waals surface area contributed by atoms with E-state index in [9.17, 15) is 13.2 Å². The molecule has 10 heteroatoms. The van der Waals surface area contributed by atoms with Gasteiger partial charge in [0, 0.05) is 11.6 Å². The van der Waals surface area contributed by atoms with Crippen molar-refractivity contribution in [1.82, 2.24) is 5.43 Å². The number of nitrogens with one attached hydrogen (secondary N) is 1. The van der Waals surface area contributed by atoms with Gasteiger partial charge in [-0.05, 0) is 48.9 Å². The minimum atomic E-state index is -4.09. The summed E-state index contributed by atoms with van der Waals surface area (Å²) in [7, 11) is 0.400. The van der Waals surface area contributed by atoms with Crippen molar-refractivity contribution in [2.75, 3.05) is 32.2 Å². The van der Waals surface area contributed by atoms with E-state index in [0.29, 0.717) is 22.8 Å². The van der Waals surface area contributed by atoms with Gasteiger partial charge in [-0.1, -0.05) is 24.3 Å². The highest BCUT2D eigenvalue weighted by Gasteiger charge is 2.29. The molecule has 0 heterocycles. The second kappa shape index (κ2) is 11.4. The Balaban J connectivity index is 1.89. The lowest BCUT2D eigenvalue weighted by molar-refractivity contribution is -0.119. The second-order valence-corrected chi connectivity index (χ2v) is 9.26. The van der Waals surface area contributed by atoms with Crippen molar-refractivity contribution in [2.24, 2.45) is 5.10 Å². The predicted molar refractivity (Wildman–Crippen MR) is 134 cm³/mol. The molecule has 3 rings (SSSR count). The van der Waals surface area contributed by atoms with Gasteiger partial charge in [-0.2, -0.15) is 5.10 Å². The van der Waals surface area contributed by atoms with Crippen LogP contribution in [0.3, 0.4) is 0 Å². The topological polar surface area (TPSA) is 107 Å². The van der Waals surface area contributed by atoms with Crippen molar-refractivity contribution in [3.05, 3.63) is 77.9 Å². The lowest BCUT2D eigenvalue weighted by atomic mass is 10.2. The summed E-state index contributed by atoms with van der Waals surface area (Å²) in [6.07, 6.45) is 1.40. The molecule has 9 nitrogen and oxygen atoms in total. The molecule has 1 amide bonds. The number of hydrazone groups is 1. The molecule has 0 unspecified atom stereocenters. The molecule has 0 fully saturated rings. The van der Waals surface area contributed by atoms with Gasteiger partial charge < -0.3 is 14.2 Å². The van der Waals surface area contributed by atoms with Crippen molar-refractivity contribution >= 4 is 27.8 Å². The molecular weight excluding hydrogens is 470 g/mol. The van der Waals surface area contributed by atoms with Crippen LogP contribution in [0.4, 0.5) is 5.69 Å². The summed E-state index contributed by atoms with van der Waals surface area (Å²) in [5, 5.41) is 3.97. The number of carbonyl (C=O) groups excluding carboxylic acids is 1.